The van der Waals surface area contributed by atoms with Gasteiger partial charge < -0.3 is 5.32 Å². The molecule has 0 bridgehead atoms. The molecule has 0 aromatic heterocycles. The van der Waals surface area contributed by atoms with Gasteiger partial charge in [0, 0.05) is 11.7 Å². The van der Waals surface area contributed by atoms with Gasteiger partial charge in [-0.15, -0.1) is 0 Å². The largest absolute Gasteiger partial charge is 0.382 e. The molecule has 1 unspecified atom stereocenters. The van der Waals surface area contributed by atoms with Crippen LogP contribution in [-0.2, 0) is 0 Å². The van der Waals surface area contributed by atoms with Crippen LogP contribution in [0.5, 0.6) is 0 Å². The molecule has 0 radical (unpaired) electrons. The van der Waals surface area contributed by atoms with Gasteiger partial charge >= 0.3 is 0 Å². The van der Waals surface area contributed by atoms with Crippen LogP contribution in [0.3, 0.4) is 0 Å². The molecule has 19 heavy (non-hydrogen) atoms. The van der Waals surface area contributed by atoms with Crippen LogP contribution in [0.25, 0.3) is 0 Å². The first kappa shape index (κ1) is 12.8. The zero-order valence-electron chi connectivity index (χ0n) is 11.1. The Morgan fingerprint density at radius 1 is 1.21 bits per heavy atom. The van der Waals surface area contributed by atoms with Crippen LogP contribution in [-0.4, -0.2) is 6.04 Å². The summed E-state index contributed by atoms with van der Waals surface area (Å²) in [5.41, 5.74) is 2.14. The van der Waals surface area contributed by atoms with E-state index in [2.05, 4.69) is 11.4 Å². The lowest BCUT2D eigenvalue weighted by Gasteiger charge is -2.52. The van der Waals surface area contributed by atoms with E-state index in [0.29, 0.717) is 22.0 Å². The zero-order valence-corrected chi connectivity index (χ0v) is 11.8. The second-order valence-corrected chi connectivity index (χ2v) is 6.37. The normalized spacial score (nSPS) is 24.5. The minimum atomic E-state index is 0.540. The van der Waals surface area contributed by atoms with Crippen LogP contribution < -0.4 is 5.32 Å². The van der Waals surface area contributed by atoms with Crippen molar-refractivity contribution >= 4 is 17.3 Å². The summed E-state index contributed by atoms with van der Waals surface area (Å²) in [7, 11) is 0. The third kappa shape index (κ3) is 2.32. The van der Waals surface area contributed by atoms with Crippen LogP contribution in [0.4, 0.5) is 5.69 Å². The monoisotopic (exact) mass is 274 g/mol. The maximum absolute atomic E-state index is 8.89. The maximum Gasteiger partial charge on any atom is 0.101 e. The van der Waals surface area contributed by atoms with E-state index in [4.69, 9.17) is 16.9 Å². The van der Waals surface area contributed by atoms with E-state index in [1.807, 2.05) is 12.1 Å². The Labute approximate surface area is 119 Å². The number of benzene rings is 1. The Balaban J connectivity index is 1.72. The van der Waals surface area contributed by atoms with Crippen LogP contribution in [0.1, 0.15) is 50.5 Å². The number of nitrogens with one attached hydrogen (secondary N) is 1. The Bertz CT molecular complexity index is 512. The van der Waals surface area contributed by atoms with Gasteiger partial charge in [-0.2, -0.15) is 5.26 Å². The first-order valence-electron chi connectivity index (χ1n) is 7.20. The number of anilines is 1. The van der Waals surface area contributed by atoms with E-state index in [1.165, 1.54) is 44.9 Å². The molecular weight excluding hydrogens is 256 g/mol. The van der Waals surface area contributed by atoms with Crippen molar-refractivity contribution in [3.63, 3.8) is 0 Å². The summed E-state index contributed by atoms with van der Waals surface area (Å²) in [5.74, 6) is 0. The summed E-state index contributed by atoms with van der Waals surface area (Å²) >= 11 is 6.09. The Hall–Kier alpha value is -1.20. The lowest BCUT2D eigenvalue weighted by molar-refractivity contribution is 0.0571. The Morgan fingerprint density at radius 3 is 2.58 bits per heavy atom. The molecule has 3 rings (SSSR count). The van der Waals surface area contributed by atoms with Crippen molar-refractivity contribution in [1.29, 1.82) is 5.26 Å². The number of nitrogens with zero attached hydrogens (tertiary/aromatic N) is 1. The van der Waals surface area contributed by atoms with Crippen LogP contribution in [0, 0.1) is 16.7 Å². The fourth-order valence-electron chi connectivity index (χ4n) is 3.67. The number of halogens is 1. The van der Waals surface area contributed by atoms with Crippen molar-refractivity contribution in [1.82, 2.24) is 0 Å². The predicted octanol–water partition coefficient (Wildman–Crippen LogP) is 4.74. The highest BCUT2D eigenvalue weighted by atomic mass is 35.5. The molecule has 1 aromatic rings. The molecule has 2 aliphatic carbocycles. The van der Waals surface area contributed by atoms with Gasteiger partial charge in [0.15, 0.2) is 0 Å². The SMILES string of the molecule is N#Cc1ccc(NC2CCC23CCCCC3)cc1Cl. The van der Waals surface area contributed by atoms with Crippen LogP contribution in [0.15, 0.2) is 18.2 Å². The number of hydrogen-bond acceptors (Lipinski definition) is 2. The molecule has 1 N–H and O–H groups in total. The summed E-state index contributed by atoms with van der Waals surface area (Å²) < 4.78 is 0. The molecule has 2 saturated carbocycles. The molecule has 0 aliphatic heterocycles. The number of nitriles is 1. The summed E-state index contributed by atoms with van der Waals surface area (Å²) in [5, 5.41) is 13.1. The van der Waals surface area contributed by atoms with Gasteiger partial charge in [-0.05, 0) is 49.3 Å². The first-order valence-corrected chi connectivity index (χ1v) is 7.57. The van der Waals surface area contributed by atoms with E-state index in [1.54, 1.807) is 6.07 Å². The van der Waals surface area contributed by atoms with E-state index in [0.717, 1.165) is 5.69 Å². The molecule has 1 spiro atoms. The molecule has 0 saturated heterocycles. The second kappa shape index (κ2) is 5.06. The fourth-order valence-corrected chi connectivity index (χ4v) is 3.90. The van der Waals surface area contributed by atoms with Gasteiger partial charge in [0.05, 0.1) is 10.6 Å². The molecule has 3 heteroatoms. The highest BCUT2D eigenvalue weighted by Crippen LogP contribution is 2.52. The predicted molar refractivity (Wildman–Crippen MR) is 78.3 cm³/mol. The molecule has 2 aliphatic rings. The molecule has 0 heterocycles. The van der Waals surface area contributed by atoms with Crippen LogP contribution >= 0.6 is 11.6 Å². The molecule has 2 fully saturated rings. The Kier molecular flexibility index (Phi) is 3.41. The average Bonchev–Trinajstić information content (AvgIpc) is 2.45. The smallest absolute Gasteiger partial charge is 0.101 e. The van der Waals surface area contributed by atoms with Crippen LogP contribution in [0.2, 0.25) is 5.02 Å². The minimum absolute atomic E-state index is 0.540. The third-order valence-electron chi connectivity index (χ3n) is 4.95. The highest BCUT2D eigenvalue weighted by molar-refractivity contribution is 6.32. The maximum atomic E-state index is 8.89. The zero-order chi connectivity index (χ0) is 13.3. The highest BCUT2D eigenvalue weighted by Gasteiger charge is 2.46. The van der Waals surface area contributed by atoms with Gasteiger partial charge in [-0.1, -0.05) is 30.9 Å². The summed E-state index contributed by atoms with van der Waals surface area (Å²) in [4.78, 5) is 0. The van der Waals surface area contributed by atoms with E-state index in [-0.39, 0.29) is 0 Å². The third-order valence-corrected chi connectivity index (χ3v) is 5.26. The molecule has 1 aromatic carbocycles. The molecule has 2 nitrogen and oxygen atoms in total. The molecular formula is C16H19ClN2. The number of rotatable bonds is 2. The second-order valence-electron chi connectivity index (χ2n) is 5.97. The van der Waals surface area contributed by atoms with Gasteiger partial charge in [0.1, 0.15) is 6.07 Å². The molecule has 0 amide bonds. The summed E-state index contributed by atoms with van der Waals surface area (Å²) in [6, 6.07) is 8.35. The van der Waals surface area contributed by atoms with Gasteiger partial charge in [-0.3, -0.25) is 0 Å². The lowest BCUT2D eigenvalue weighted by atomic mass is 9.57. The lowest BCUT2D eigenvalue weighted by Crippen LogP contribution is -2.50. The van der Waals surface area contributed by atoms with Crippen molar-refractivity contribution in [2.75, 3.05) is 5.32 Å². The van der Waals surface area contributed by atoms with Gasteiger partial charge in [-0.25, -0.2) is 0 Å². The molecule has 100 valence electrons. The van der Waals surface area contributed by atoms with E-state index < -0.39 is 0 Å². The average molecular weight is 275 g/mol. The van der Waals surface area contributed by atoms with Gasteiger partial charge in [0.25, 0.3) is 0 Å². The van der Waals surface area contributed by atoms with Crippen molar-refractivity contribution in [3.8, 4) is 6.07 Å². The first-order chi connectivity index (χ1) is 9.23. The minimum Gasteiger partial charge on any atom is -0.382 e. The quantitative estimate of drug-likeness (QED) is 0.846. The standard InChI is InChI=1S/C16H19ClN2/c17-14-10-13(5-4-12(14)11-18)19-15-6-9-16(15)7-2-1-3-8-16/h4-5,10,15,19H,1-3,6-9H2. The summed E-state index contributed by atoms with van der Waals surface area (Å²) in [6.07, 6.45) is 9.53. The van der Waals surface area contributed by atoms with Crippen molar-refractivity contribution < 1.29 is 0 Å². The van der Waals surface area contributed by atoms with Crippen molar-refractivity contribution in [2.45, 2.75) is 51.0 Å². The topological polar surface area (TPSA) is 35.8 Å². The number of hydrogen-bond donors (Lipinski definition) is 1. The van der Waals surface area contributed by atoms with E-state index in [9.17, 15) is 0 Å². The molecule has 1 atom stereocenters. The fraction of sp³-hybridized carbons (Fsp3) is 0.562. The van der Waals surface area contributed by atoms with Crippen molar-refractivity contribution in [2.24, 2.45) is 5.41 Å². The van der Waals surface area contributed by atoms with Gasteiger partial charge in [0.2, 0.25) is 0 Å². The van der Waals surface area contributed by atoms with E-state index >= 15 is 0 Å². The Morgan fingerprint density at radius 2 is 2.00 bits per heavy atom. The van der Waals surface area contributed by atoms with Crippen molar-refractivity contribution in [3.05, 3.63) is 28.8 Å². The summed E-state index contributed by atoms with van der Waals surface area (Å²) in [6.45, 7) is 0.